The lowest BCUT2D eigenvalue weighted by Gasteiger charge is -2.22. The SMILES string of the molecule is Cc1cc(C(=O)N(C)C(C)C(=O)O)c2c(C(C)C)noc2n1. The van der Waals surface area contributed by atoms with Crippen LogP contribution >= 0.6 is 0 Å². The highest BCUT2D eigenvalue weighted by Crippen LogP contribution is 2.28. The molecule has 7 nitrogen and oxygen atoms in total. The van der Waals surface area contributed by atoms with Gasteiger partial charge < -0.3 is 14.5 Å². The van der Waals surface area contributed by atoms with Crippen LogP contribution in [0.25, 0.3) is 11.1 Å². The van der Waals surface area contributed by atoms with Gasteiger partial charge in [0.25, 0.3) is 11.6 Å². The van der Waals surface area contributed by atoms with Gasteiger partial charge in [0.05, 0.1) is 16.6 Å². The second-order valence-corrected chi connectivity index (χ2v) is 5.64. The van der Waals surface area contributed by atoms with Crippen LogP contribution in [0.5, 0.6) is 0 Å². The summed E-state index contributed by atoms with van der Waals surface area (Å²) in [5, 5.41) is 13.6. The predicted octanol–water partition coefficient (Wildman–Crippen LogP) is 2.20. The zero-order valence-electron chi connectivity index (χ0n) is 13.2. The zero-order valence-corrected chi connectivity index (χ0v) is 13.2. The van der Waals surface area contributed by atoms with Gasteiger partial charge in [-0.3, -0.25) is 4.79 Å². The molecule has 0 saturated carbocycles. The molecule has 0 aromatic carbocycles. The molecule has 2 rings (SSSR count). The number of rotatable bonds is 4. The highest BCUT2D eigenvalue weighted by molar-refractivity contribution is 6.07. The van der Waals surface area contributed by atoms with E-state index in [1.807, 2.05) is 13.8 Å². The number of nitrogens with zero attached hydrogens (tertiary/aromatic N) is 3. The number of hydrogen-bond acceptors (Lipinski definition) is 5. The number of aliphatic carboxylic acids is 1. The molecule has 7 heteroatoms. The Bertz CT molecular complexity index is 736. The van der Waals surface area contributed by atoms with Gasteiger partial charge in [-0.25, -0.2) is 9.78 Å². The van der Waals surface area contributed by atoms with Crippen molar-refractivity contribution >= 4 is 23.0 Å². The number of carboxylic acids is 1. The van der Waals surface area contributed by atoms with E-state index in [9.17, 15) is 9.59 Å². The number of carbonyl (C=O) groups excluding carboxylic acids is 1. The highest BCUT2D eigenvalue weighted by atomic mass is 16.5. The first-order valence-electron chi connectivity index (χ1n) is 7.01. The molecule has 0 bridgehead atoms. The molecule has 0 radical (unpaired) electrons. The third kappa shape index (κ3) is 2.66. The first-order chi connectivity index (χ1) is 10.2. The van der Waals surface area contributed by atoms with Gasteiger partial charge in [0, 0.05) is 12.7 Å². The first kappa shape index (κ1) is 15.9. The van der Waals surface area contributed by atoms with Crippen molar-refractivity contribution in [3.05, 3.63) is 23.0 Å². The van der Waals surface area contributed by atoms with Gasteiger partial charge in [-0.2, -0.15) is 0 Å². The van der Waals surface area contributed by atoms with E-state index in [0.29, 0.717) is 28.1 Å². The number of hydrogen-bond donors (Lipinski definition) is 1. The number of amides is 1. The number of carboxylic acid groups (broad SMARTS) is 1. The van der Waals surface area contributed by atoms with Crippen LogP contribution in [0.1, 0.15) is 48.4 Å². The van der Waals surface area contributed by atoms with Crippen LogP contribution in [-0.4, -0.2) is 45.1 Å². The topological polar surface area (TPSA) is 96.5 Å². The van der Waals surface area contributed by atoms with Gasteiger partial charge in [-0.1, -0.05) is 19.0 Å². The van der Waals surface area contributed by atoms with Crippen LogP contribution in [0.3, 0.4) is 0 Å². The van der Waals surface area contributed by atoms with Crippen LogP contribution in [-0.2, 0) is 4.79 Å². The molecule has 0 saturated heterocycles. The zero-order chi connectivity index (χ0) is 16.6. The van der Waals surface area contributed by atoms with Crippen molar-refractivity contribution in [1.82, 2.24) is 15.0 Å². The summed E-state index contributed by atoms with van der Waals surface area (Å²) >= 11 is 0. The van der Waals surface area contributed by atoms with E-state index in [4.69, 9.17) is 9.63 Å². The Morgan fingerprint density at radius 3 is 2.50 bits per heavy atom. The van der Waals surface area contributed by atoms with Gasteiger partial charge in [0.2, 0.25) is 0 Å². The molecule has 0 spiro atoms. The third-order valence-corrected chi connectivity index (χ3v) is 3.64. The van der Waals surface area contributed by atoms with E-state index < -0.39 is 17.9 Å². The minimum Gasteiger partial charge on any atom is -0.480 e. The monoisotopic (exact) mass is 305 g/mol. The van der Waals surface area contributed by atoms with Crippen LogP contribution in [0.2, 0.25) is 0 Å². The average Bonchev–Trinajstić information content (AvgIpc) is 2.87. The van der Waals surface area contributed by atoms with Crippen LogP contribution in [0, 0.1) is 6.92 Å². The van der Waals surface area contributed by atoms with Crippen molar-refractivity contribution in [3.63, 3.8) is 0 Å². The molecule has 2 aromatic heterocycles. The smallest absolute Gasteiger partial charge is 0.326 e. The lowest BCUT2D eigenvalue weighted by molar-refractivity contribution is -0.141. The fourth-order valence-corrected chi connectivity index (χ4v) is 2.19. The van der Waals surface area contributed by atoms with E-state index in [0.717, 1.165) is 0 Å². The number of aryl methyl sites for hydroxylation is 1. The average molecular weight is 305 g/mol. The molecule has 2 aromatic rings. The number of pyridine rings is 1. The van der Waals surface area contributed by atoms with Crippen molar-refractivity contribution in [2.45, 2.75) is 39.7 Å². The van der Waals surface area contributed by atoms with Crippen molar-refractivity contribution in [2.75, 3.05) is 7.05 Å². The number of fused-ring (bicyclic) bond motifs is 1. The van der Waals surface area contributed by atoms with Gasteiger partial charge >= 0.3 is 5.97 Å². The van der Waals surface area contributed by atoms with Gasteiger partial charge in [0.15, 0.2) is 0 Å². The van der Waals surface area contributed by atoms with Crippen molar-refractivity contribution < 1.29 is 19.2 Å². The summed E-state index contributed by atoms with van der Waals surface area (Å²) < 4.78 is 5.22. The van der Waals surface area contributed by atoms with Crippen LogP contribution in [0.15, 0.2) is 10.6 Å². The Morgan fingerprint density at radius 1 is 1.32 bits per heavy atom. The molecular weight excluding hydrogens is 286 g/mol. The largest absolute Gasteiger partial charge is 0.480 e. The summed E-state index contributed by atoms with van der Waals surface area (Å²) in [6.07, 6.45) is 0. The van der Waals surface area contributed by atoms with Crippen LogP contribution < -0.4 is 0 Å². The van der Waals surface area contributed by atoms with Gasteiger partial charge in [-0.15, -0.1) is 0 Å². The molecule has 0 aliphatic carbocycles. The summed E-state index contributed by atoms with van der Waals surface area (Å²) in [6.45, 7) is 7.08. The molecule has 22 heavy (non-hydrogen) atoms. The molecule has 0 aliphatic rings. The highest BCUT2D eigenvalue weighted by Gasteiger charge is 2.27. The van der Waals surface area contributed by atoms with E-state index in [-0.39, 0.29) is 5.92 Å². The van der Waals surface area contributed by atoms with E-state index in [1.54, 1.807) is 13.0 Å². The molecular formula is C15H19N3O4. The minimum absolute atomic E-state index is 0.0551. The fourth-order valence-electron chi connectivity index (χ4n) is 2.19. The van der Waals surface area contributed by atoms with Crippen molar-refractivity contribution in [1.29, 1.82) is 0 Å². The van der Waals surface area contributed by atoms with Crippen LogP contribution in [0.4, 0.5) is 0 Å². The summed E-state index contributed by atoms with van der Waals surface area (Å²) in [7, 11) is 1.46. The predicted molar refractivity (Wildman–Crippen MR) is 79.8 cm³/mol. The summed E-state index contributed by atoms with van der Waals surface area (Å²) in [6, 6.07) is 0.706. The fraction of sp³-hybridized carbons (Fsp3) is 0.467. The quantitative estimate of drug-likeness (QED) is 0.930. The normalized spacial score (nSPS) is 12.6. The number of carbonyl (C=O) groups is 2. The first-order valence-corrected chi connectivity index (χ1v) is 7.01. The molecule has 0 aliphatic heterocycles. The van der Waals surface area contributed by atoms with Crippen molar-refractivity contribution in [2.24, 2.45) is 0 Å². The molecule has 118 valence electrons. The van der Waals surface area contributed by atoms with E-state index >= 15 is 0 Å². The Hall–Kier alpha value is -2.44. The molecule has 1 unspecified atom stereocenters. The number of aromatic nitrogens is 2. The second-order valence-electron chi connectivity index (χ2n) is 5.64. The maximum atomic E-state index is 12.7. The van der Waals surface area contributed by atoms with E-state index in [1.165, 1.54) is 18.9 Å². The second kappa shape index (κ2) is 5.75. The van der Waals surface area contributed by atoms with Gasteiger partial charge in [-0.05, 0) is 25.8 Å². The Kier molecular flexibility index (Phi) is 4.16. The van der Waals surface area contributed by atoms with Gasteiger partial charge in [0.1, 0.15) is 6.04 Å². The Labute approximate surface area is 127 Å². The summed E-state index contributed by atoms with van der Waals surface area (Å²) in [5.74, 6) is -1.40. The van der Waals surface area contributed by atoms with E-state index in [2.05, 4.69) is 10.1 Å². The number of likely N-dealkylation sites (N-methyl/N-ethyl adjacent to an activating group) is 1. The summed E-state index contributed by atoms with van der Waals surface area (Å²) in [4.78, 5) is 29.2. The molecule has 1 N–H and O–H groups in total. The molecule has 0 fully saturated rings. The van der Waals surface area contributed by atoms with Crippen molar-refractivity contribution in [3.8, 4) is 0 Å². The lowest BCUT2D eigenvalue weighted by atomic mass is 10.0. The summed E-state index contributed by atoms with van der Waals surface area (Å²) in [5.41, 5.74) is 1.91. The molecule has 1 atom stereocenters. The molecule has 1 amide bonds. The molecule has 2 heterocycles. The Balaban J connectivity index is 2.61. The third-order valence-electron chi connectivity index (χ3n) is 3.64. The Morgan fingerprint density at radius 2 is 1.95 bits per heavy atom. The maximum Gasteiger partial charge on any atom is 0.326 e. The minimum atomic E-state index is -1.06. The standard InChI is InChI=1S/C15H19N3O4/c1-7(2)12-11-10(6-8(3)16-13(11)22-17-12)14(19)18(5)9(4)15(20)21/h6-7,9H,1-5H3,(H,20,21). The lowest BCUT2D eigenvalue weighted by Crippen LogP contribution is -2.40. The maximum absolute atomic E-state index is 12.7.